The Hall–Kier alpha value is -2.07. The maximum Gasteiger partial charge on any atom is 0.261 e. The van der Waals surface area contributed by atoms with Crippen LogP contribution in [0.3, 0.4) is 0 Å². The Bertz CT molecular complexity index is 576. The van der Waals surface area contributed by atoms with Crippen molar-refractivity contribution in [1.29, 1.82) is 5.26 Å². The van der Waals surface area contributed by atoms with E-state index in [2.05, 4.69) is 10.2 Å². The number of ether oxygens (including phenoxy) is 1. The first kappa shape index (κ1) is 12.4. The summed E-state index contributed by atoms with van der Waals surface area (Å²) in [4.78, 5) is 0. The van der Waals surface area contributed by atoms with Crippen molar-refractivity contribution in [3.05, 3.63) is 29.7 Å². The van der Waals surface area contributed by atoms with Crippen LogP contribution in [0, 0.1) is 11.3 Å². The smallest absolute Gasteiger partial charge is 0.261 e. The number of alkyl halides is 2. The van der Waals surface area contributed by atoms with Gasteiger partial charge in [-0.05, 0) is 12.1 Å². The van der Waals surface area contributed by atoms with Gasteiger partial charge in [0, 0.05) is 12.6 Å². The molecule has 0 radical (unpaired) electrons. The number of hydrogen-bond donors (Lipinski definition) is 0. The van der Waals surface area contributed by atoms with Crippen LogP contribution in [0.2, 0.25) is 0 Å². The van der Waals surface area contributed by atoms with E-state index in [1.165, 1.54) is 0 Å². The molecule has 0 unspecified atom stereocenters. The number of aromatic nitrogens is 3. The Labute approximate surface area is 102 Å². The number of nitriles is 1. The second-order valence-electron chi connectivity index (χ2n) is 3.59. The van der Waals surface area contributed by atoms with Gasteiger partial charge in [0.1, 0.15) is 18.5 Å². The van der Waals surface area contributed by atoms with E-state index in [1.54, 1.807) is 22.7 Å². The Morgan fingerprint density at radius 1 is 1.39 bits per heavy atom. The van der Waals surface area contributed by atoms with Gasteiger partial charge in [-0.25, -0.2) is 8.78 Å². The lowest BCUT2D eigenvalue weighted by molar-refractivity contribution is 0.0182. The summed E-state index contributed by atoms with van der Waals surface area (Å²) in [6, 6.07) is 5.33. The second-order valence-corrected chi connectivity index (χ2v) is 3.59. The third-order valence-corrected chi connectivity index (χ3v) is 2.32. The van der Waals surface area contributed by atoms with Crippen LogP contribution in [-0.2, 0) is 11.2 Å². The number of fused-ring (bicyclic) bond motifs is 1. The largest absolute Gasteiger partial charge is 0.375 e. The molecule has 0 aromatic carbocycles. The highest BCUT2D eigenvalue weighted by Crippen LogP contribution is 2.07. The van der Waals surface area contributed by atoms with E-state index in [-0.39, 0.29) is 6.61 Å². The van der Waals surface area contributed by atoms with Gasteiger partial charge in [0.15, 0.2) is 5.65 Å². The average molecular weight is 252 g/mol. The molecule has 2 heterocycles. The van der Waals surface area contributed by atoms with Crippen molar-refractivity contribution in [3.8, 4) is 6.07 Å². The molecule has 0 amide bonds. The standard InChI is InChI=1S/C11H10F2N4O/c12-9(13)7-18-4-3-11-16-15-10-2-1-8(5-14)6-17(10)11/h1-2,6,9H,3-4,7H2. The Morgan fingerprint density at radius 2 is 2.22 bits per heavy atom. The topological polar surface area (TPSA) is 63.2 Å². The van der Waals surface area contributed by atoms with Gasteiger partial charge in [-0.2, -0.15) is 5.26 Å². The van der Waals surface area contributed by atoms with Crippen molar-refractivity contribution in [1.82, 2.24) is 14.6 Å². The van der Waals surface area contributed by atoms with Gasteiger partial charge >= 0.3 is 0 Å². The fourth-order valence-corrected chi connectivity index (χ4v) is 1.51. The highest BCUT2D eigenvalue weighted by molar-refractivity contribution is 5.42. The summed E-state index contributed by atoms with van der Waals surface area (Å²) in [6.07, 6.45) is -0.495. The maximum atomic E-state index is 11.9. The average Bonchev–Trinajstić information content (AvgIpc) is 2.76. The van der Waals surface area contributed by atoms with Crippen LogP contribution in [0.15, 0.2) is 18.3 Å². The van der Waals surface area contributed by atoms with Crippen molar-refractivity contribution in [2.75, 3.05) is 13.2 Å². The van der Waals surface area contributed by atoms with Crippen molar-refractivity contribution >= 4 is 5.65 Å². The van der Waals surface area contributed by atoms with Crippen molar-refractivity contribution in [2.24, 2.45) is 0 Å². The number of halogens is 2. The predicted octanol–water partition coefficient (Wildman–Crippen LogP) is 1.43. The maximum absolute atomic E-state index is 11.9. The van der Waals surface area contributed by atoms with Crippen LogP contribution in [-0.4, -0.2) is 34.2 Å². The first-order valence-corrected chi connectivity index (χ1v) is 5.30. The Kier molecular flexibility index (Phi) is 3.79. The molecule has 0 fully saturated rings. The van der Waals surface area contributed by atoms with Gasteiger partial charge < -0.3 is 4.74 Å². The predicted molar refractivity (Wildman–Crippen MR) is 58.2 cm³/mol. The molecule has 2 aromatic rings. The van der Waals surface area contributed by atoms with Gasteiger partial charge in [0.2, 0.25) is 0 Å². The van der Waals surface area contributed by atoms with Gasteiger partial charge in [-0.15, -0.1) is 10.2 Å². The molecule has 7 heteroatoms. The van der Waals surface area contributed by atoms with E-state index in [4.69, 9.17) is 10.00 Å². The van der Waals surface area contributed by atoms with E-state index in [0.29, 0.717) is 23.5 Å². The van der Waals surface area contributed by atoms with E-state index in [9.17, 15) is 8.78 Å². The van der Waals surface area contributed by atoms with Crippen molar-refractivity contribution in [2.45, 2.75) is 12.8 Å². The summed E-state index contributed by atoms with van der Waals surface area (Å²) in [6.45, 7) is -0.442. The van der Waals surface area contributed by atoms with Crippen LogP contribution >= 0.6 is 0 Å². The number of rotatable bonds is 5. The van der Waals surface area contributed by atoms with E-state index >= 15 is 0 Å². The van der Waals surface area contributed by atoms with Crippen LogP contribution < -0.4 is 0 Å². The molecule has 0 saturated heterocycles. The minimum absolute atomic E-state index is 0.141. The van der Waals surface area contributed by atoms with Crippen molar-refractivity contribution in [3.63, 3.8) is 0 Å². The molecular weight excluding hydrogens is 242 g/mol. The molecule has 0 spiro atoms. The Morgan fingerprint density at radius 3 is 2.94 bits per heavy atom. The van der Waals surface area contributed by atoms with Crippen LogP contribution in [0.1, 0.15) is 11.4 Å². The van der Waals surface area contributed by atoms with Gasteiger partial charge in [0.05, 0.1) is 12.2 Å². The summed E-state index contributed by atoms with van der Waals surface area (Å²) in [7, 11) is 0. The summed E-state index contributed by atoms with van der Waals surface area (Å²) in [5.41, 5.74) is 1.09. The molecule has 0 aliphatic heterocycles. The lowest BCUT2D eigenvalue weighted by Gasteiger charge is -2.02. The fourth-order valence-electron chi connectivity index (χ4n) is 1.51. The normalized spacial score (nSPS) is 11.0. The van der Waals surface area contributed by atoms with Crippen LogP contribution in [0.5, 0.6) is 0 Å². The summed E-state index contributed by atoms with van der Waals surface area (Å²) in [5.74, 6) is 0.580. The zero-order valence-electron chi connectivity index (χ0n) is 9.38. The minimum atomic E-state index is -2.47. The molecule has 0 aliphatic carbocycles. The highest BCUT2D eigenvalue weighted by Gasteiger charge is 2.07. The molecule has 94 valence electrons. The summed E-state index contributed by atoms with van der Waals surface area (Å²) < 4.78 is 30.2. The van der Waals surface area contributed by atoms with Crippen LogP contribution in [0.4, 0.5) is 8.78 Å². The monoisotopic (exact) mass is 252 g/mol. The molecule has 0 saturated carbocycles. The second kappa shape index (κ2) is 5.51. The minimum Gasteiger partial charge on any atom is -0.375 e. The quantitative estimate of drug-likeness (QED) is 0.755. The Balaban J connectivity index is 2.07. The first-order chi connectivity index (χ1) is 8.70. The third kappa shape index (κ3) is 2.78. The number of pyridine rings is 1. The molecule has 5 nitrogen and oxygen atoms in total. The number of nitrogens with zero attached hydrogens (tertiary/aromatic N) is 4. The molecule has 0 aliphatic rings. The lowest BCUT2D eigenvalue weighted by Crippen LogP contribution is -2.08. The zero-order valence-corrected chi connectivity index (χ0v) is 9.38. The molecular formula is C11H10F2N4O. The highest BCUT2D eigenvalue weighted by atomic mass is 19.3. The van der Waals surface area contributed by atoms with E-state index in [0.717, 1.165) is 0 Å². The molecule has 2 rings (SSSR count). The van der Waals surface area contributed by atoms with E-state index < -0.39 is 13.0 Å². The molecule has 0 bridgehead atoms. The van der Waals surface area contributed by atoms with Crippen molar-refractivity contribution < 1.29 is 13.5 Å². The van der Waals surface area contributed by atoms with Gasteiger partial charge in [0.25, 0.3) is 6.43 Å². The summed E-state index contributed by atoms with van der Waals surface area (Å²) >= 11 is 0. The third-order valence-electron chi connectivity index (χ3n) is 2.32. The van der Waals surface area contributed by atoms with E-state index in [1.807, 2.05) is 6.07 Å². The molecule has 0 N–H and O–H groups in total. The SMILES string of the molecule is N#Cc1ccc2nnc(CCOCC(F)F)n2c1. The fraction of sp³-hybridized carbons (Fsp3) is 0.364. The summed E-state index contributed by atoms with van der Waals surface area (Å²) in [5, 5.41) is 16.6. The lowest BCUT2D eigenvalue weighted by atomic mass is 10.3. The van der Waals surface area contributed by atoms with Crippen LogP contribution in [0.25, 0.3) is 5.65 Å². The number of hydrogen-bond acceptors (Lipinski definition) is 4. The first-order valence-electron chi connectivity index (χ1n) is 5.30. The molecule has 2 aromatic heterocycles. The van der Waals surface area contributed by atoms with Gasteiger partial charge in [-0.3, -0.25) is 4.40 Å². The van der Waals surface area contributed by atoms with Gasteiger partial charge in [-0.1, -0.05) is 0 Å². The molecule has 18 heavy (non-hydrogen) atoms. The zero-order chi connectivity index (χ0) is 13.0. The molecule has 0 atom stereocenters.